The van der Waals surface area contributed by atoms with Crippen molar-refractivity contribution in [3.05, 3.63) is 17.0 Å². The third-order valence-electron chi connectivity index (χ3n) is 6.08. The largest absolute Gasteiger partial charge is 0.354 e. The fraction of sp³-hybridized carbons (Fsp3) is 0.778. The Morgan fingerprint density at radius 2 is 1.79 bits per heavy atom. The van der Waals surface area contributed by atoms with Crippen LogP contribution in [-0.2, 0) is 13.5 Å². The number of nitrogens with one attached hydrogen (secondary N) is 2. The summed E-state index contributed by atoms with van der Waals surface area (Å²) in [4.78, 5) is 4.40. The Kier molecular flexibility index (Phi) is 6.39. The number of aliphatic imine (C=N–C) groups is 1. The fourth-order valence-electron chi connectivity index (χ4n) is 3.57. The van der Waals surface area contributed by atoms with Gasteiger partial charge in [0.15, 0.2) is 5.96 Å². The van der Waals surface area contributed by atoms with Gasteiger partial charge >= 0.3 is 0 Å². The zero-order valence-corrected chi connectivity index (χ0v) is 18.9. The molecule has 6 heteroatoms. The summed E-state index contributed by atoms with van der Waals surface area (Å²) in [6.45, 7) is 15.6. The van der Waals surface area contributed by atoms with Gasteiger partial charge in [-0.05, 0) is 43.6 Å². The zero-order chi connectivity index (χ0) is 17.6. The van der Waals surface area contributed by atoms with Crippen LogP contribution < -0.4 is 10.6 Å². The van der Waals surface area contributed by atoms with E-state index in [9.17, 15) is 0 Å². The Hall–Kier alpha value is -0.790. The van der Waals surface area contributed by atoms with E-state index in [0.29, 0.717) is 22.9 Å². The summed E-state index contributed by atoms with van der Waals surface area (Å²) >= 11 is 0. The molecular weight excluding hydrogens is 413 g/mol. The van der Waals surface area contributed by atoms with Crippen molar-refractivity contribution in [2.75, 3.05) is 7.05 Å². The minimum absolute atomic E-state index is 0. The van der Waals surface area contributed by atoms with Gasteiger partial charge in [0.05, 0.1) is 5.69 Å². The average Bonchev–Trinajstić information content (AvgIpc) is 2.69. The van der Waals surface area contributed by atoms with Crippen molar-refractivity contribution >= 4 is 29.9 Å². The Labute approximate surface area is 164 Å². The van der Waals surface area contributed by atoms with Crippen LogP contribution in [0.3, 0.4) is 0 Å². The summed E-state index contributed by atoms with van der Waals surface area (Å²) in [5.41, 5.74) is 4.28. The standard InChI is InChI=1S/C18H33N5.HI/c1-11(10-14-12(2)22-23(9)13(14)3)20-16(19-8)21-15-17(4,5)18(15,6)7;/h11,15H,10H2,1-9H3,(H2,19,20,21);1H. The van der Waals surface area contributed by atoms with Gasteiger partial charge < -0.3 is 10.6 Å². The van der Waals surface area contributed by atoms with E-state index < -0.39 is 0 Å². The monoisotopic (exact) mass is 447 g/mol. The van der Waals surface area contributed by atoms with Crippen LogP contribution in [0.4, 0.5) is 0 Å². The Balaban J connectivity index is 0.00000288. The highest BCUT2D eigenvalue weighted by atomic mass is 127. The third-order valence-corrected chi connectivity index (χ3v) is 6.08. The van der Waals surface area contributed by atoms with Gasteiger partial charge in [0.1, 0.15) is 0 Å². The summed E-state index contributed by atoms with van der Waals surface area (Å²) in [6, 6.07) is 0.753. The van der Waals surface area contributed by atoms with E-state index in [0.717, 1.165) is 18.1 Å². The maximum atomic E-state index is 4.50. The van der Waals surface area contributed by atoms with Crippen molar-refractivity contribution < 1.29 is 0 Å². The summed E-state index contributed by atoms with van der Waals surface area (Å²) < 4.78 is 1.96. The quantitative estimate of drug-likeness (QED) is 0.424. The minimum atomic E-state index is 0. The fourth-order valence-corrected chi connectivity index (χ4v) is 3.57. The lowest BCUT2D eigenvalue weighted by atomic mass is 10.0. The second-order valence-corrected chi connectivity index (χ2v) is 8.12. The second-order valence-electron chi connectivity index (χ2n) is 8.12. The predicted octanol–water partition coefficient (Wildman–Crippen LogP) is 3.19. The summed E-state index contributed by atoms with van der Waals surface area (Å²) in [6.07, 6.45) is 0.948. The maximum absolute atomic E-state index is 4.50. The first kappa shape index (κ1) is 21.3. The maximum Gasteiger partial charge on any atom is 0.191 e. The van der Waals surface area contributed by atoms with Crippen LogP contribution in [0.1, 0.15) is 51.6 Å². The van der Waals surface area contributed by atoms with Gasteiger partial charge in [-0.15, -0.1) is 24.0 Å². The van der Waals surface area contributed by atoms with E-state index in [1.165, 1.54) is 11.3 Å². The van der Waals surface area contributed by atoms with Gasteiger partial charge in [-0.2, -0.15) is 5.10 Å². The van der Waals surface area contributed by atoms with Gasteiger partial charge in [-0.3, -0.25) is 9.67 Å². The van der Waals surface area contributed by atoms with Crippen molar-refractivity contribution in [2.24, 2.45) is 22.9 Å². The molecule has 5 nitrogen and oxygen atoms in total. The van der Waals surface area contributed by atoms with Crippen LogP contribution in [0, 0.1) is 24.7 Å². The van der Waals surface area contributed by atoms with Gasteiger partial charge in [-0.1, -0.05) is 27.7 Å². The lowest BCUT2D eigenvalue weighted by Crippen LogP contribution is -2.45. The van der Waals surface area contributed by atoms with Crippen LogP contribution in [0.15, 0.2) is 4.99 Å². The van der Waals surface area contributed by atoms with E-state index in [2.05, 4.69) is 69.2 Å². The lowest BCUT2D eigenvalue weighted by Gasteiger charge is -2.19. The Morgan fingerprint density at radius 1 is 1.25 bits per heavy atom. The second kappa shape index (κ2) is 7.22. The molecule has 1 aliphatic rings. The predicted molar refractivity (Wildman–Crippen MR) is 112 cm³/mol. The number of nitrogens with zero attached hydrogens (tertiary/aromatic N) is 3. The molecule has 1 fully saturated rings. The molecule has 0 bridgehead atoms. The van der Waals surface area contributed by atoms with Crippen molar-refractivity contribution in [1.29, 1.82) is 0 Å². The minimum Gasteiger partial charge on any atom is -0.354 e. The molecule has 0 saturated heterocycles. The van der Waals surface area contributed by atoms with Gasteiger partial charge in [-0.25, -0.2) is 0 Å². The van der Waals surface area contributed by atoms with Crippen LogP contribution >= 0.6 is 24.0 Å². The molecule has 24 heavy (non-hydrogen) atoms. The molecule has 138 valence electrons. The van der Waals surface area contributed by atoms with E-state index in [1.807, 2.05) is 18.8 Å². The number of aromatic nitrogens is 2. The summed E-state index contributed by atoms with van der Waals surface area (Å²) in [7, 11) is 3.84. The number of hydrogen-bond acceptors (Lipinski definition) is 2. The van der Waals surface area contributed by atoms with Crippen molar-refractivity contribution in [3.63, 3.8) is 0 Å². The van der Waals surface area contributed by atoms with Crippen LogP contribution in [0.5, 0.6) is 0 Å². The van der Waals surface area contributed by atoms with E-state index in [4.69, 9.17) is 0 Å². The Morgan fingerprint density at radius 3 is 2.17 bits per heavy atom. The molecule has 0 aliphatic heterocycles. The first-order valence-electron chi connectivity index (χ1n) is 8.51. The van der Waals surface area contributed by atoms with Crippen LogP contribution in [0.25, 0.3) is 0 Å². The van der Waals surface area contributed by atoms with Crippen molar-refractivity contribution in [1.82, 2.24) is 20.4 Å². The number of halogens is 1. The normalized spacial score (nSPS) is 20.3. The van der Waals surface area contributed by atoms with Gasteiger partial charge in [0.2, 0.25) is 0 Å². The molecule has 2 N–H and O–H groups in total. The SMILES string of the molecule is CN=C(NC(C)Cc1c(C)nn(C)c1C)NC1C(C)(C)C1(C)C.I. The molecular formula is C18H34IN5. The highest BCUT2D eigenvalue weighted by Gasteiger charge is 2.65. The lowest BCUT2D eigenvalue weighted by molar-refractivity contribution is 0.457. The van der Waals surface area contributed by atoms with Crippen molar-refractivity contribution in [2.45, 2.75) is 67.0 Å². The van der Waals surface area contributed by atoms with Crippen molar-refractivity contribution in [3.8, 4) is 0 Å². The third kappa shape index (κ3) is 3.73. The summed E-state index contributed by atoms with van der Waals surface area (Å²) in [5, 5.41) is 11.6. The number of hydrogen-bond donors (Lipinski definition) is 2. The number of rotatable bonds is 4. The Bertz CT molecular complexity index is 601. The number of guanidine groups is 1. The van der Waals surface area contributed by atoms with E-state index in [1.54, 1.807) is 0 Å². The first-order chi connectivity index (χ1) is 10.5. The zero-order valence-electron chi connectivity index (χ0n) is 16.6. The molecule has 0 amide bonds. The molecule has 1 aromatic rings. The molecule has 1 aromatic heterocycles. The molecule has 1 saturated carbocycles. The van der Waals surface area contributed by atoms with Crippen LogP contribution in [-0.4, -0.2) is 34.9 Å². The number of aryl methyl sites for hydroxylation is 2. The molecule has 1 unspecified atom stereocenters. The molecule has 0 radical (unpaired) electrons. The van der Waals surface area contributed by atoms with E-state index in [-0.39, 0.29) is 24.0 Å². The molecule has 1 heterocycles. The smallest absolute Gasteiger partial charge is 0.191 e. The molecule has 0 aromatic carbocycles. The summed E-state index contributed by atoms with van der Waals surface area (Å²) in [5.74, 6) is 0.889. The van der Waals surface area contributed by atoms with Gasteiger partial charge in [0, 0.05) is 31.9 Å². The molecule has 1 atom stereocenters. The first-order valence-corrected chi connectivity index (χ1v) is 8.51. The molecule has 2 rings (SSSR count). The highest BCUT2D eigenvalue weighted by molar-refractivity contribution is 14.0. The average molecular weight is 447 g/mol. The molecule has 1 aliphatic carbocycles. The molecule has 0 spiro atoms. The van der Waals surface area contributed by atoms with Gasteiger partial charge in [0.25, 0.3) is 0 Å². The van der Waals surface area contributed by atoms with Crippen LogP contribution in [0.2, 0.25) is 0 Å². The van der Waals surface area contributed by atoms with E-state index >= 15 is 0 Å². The topological polar surface area (TPSA) is 54.2 Å². The highest BCUT2D eigenvalue weighted by Crippen LogP contribution is 2.62.